The lowest BCUT2D eigenvalue weighted by Gasteiger charge is -2.05. The summed E-state index contributed by atoms with van der Waals surface area (Å²) < 4.78 is 0. The van der Waals surface area contributed by atoms with Crippen molar-refractivity contribution >= 4 is 11.4 Å². The van der Waals surface area contributed by atoms with Crippen LogP contribution in [0.4, 0.5) is 11.4 Å². The molecule has 3 heteroatoms. The Morgan fingerprint density at radius 1 is 0.462 bits per heavy atom. The van der Waals surface area contributed by atoms with E-state index in [0.717, 1.165) is 17.7 Å². The van der Waals surface area contributed by atoms with Gasteiger partial charge in [-0.3, -0.25) is 0 Å². The summed E-state index contributed by atoms with van der Waals surface area (Å²) in [7, 11) is 0. The molecule has 0 saturated heterocycles. The largest absolute Gasteiger partial charge is 0.594 e. The van der Waals surface area contributed by atoms with E-state index in [1.807, 2.05) is 24.3 Å². The number of unbranched alkanes of at least 4 members (excludes halogenated alkanes) is 18. The van der Waals surface area contributed by atoms with Crippen LogP contribution in [0.15, 0.2) is 53.6 Å². The molecule has 218 valence electrons. The van der Waals surface area contributed by atoms with Crippen LogP contribution < -0.4 is 0 Å². The normalized spacial score (nSPS) is 11.8. The number of azo groups is 1. The fourth-order valence-corrected chi connectivity index (χ4v) is 5.32. The van der Waals surface area contributed by atoms with Crippen molar-refractivity contribution in [2.24, 2.45) is 5.11 Å². The lowest BCUT2D eigenvalue weighted by atomic mass is 10.0. The highest BCUT2D eigenvalue weighted by atomic mass is 16.5. The van der Waals surface area contributed by atoms with Crippen molar-refractivity contribution in [1.29, 1.82) is 0 Å². The molecule has 0 radical (unpaired) electrons. The number of benzene rings is 2. The zero-order valence-corrected chi connectivity index (χ0v) is 25.5. The molecule has 2 rings (SSSR count). The molecule has 2 aromatic carbocycles. The highest BCUT2D eigenvalue weighted by molar-refractivity contribution is 5.38. The van der Waals surface area contributed by atoms with Gasteiger partial charge in [0.2, 0.25) is 5.69 Å². The summed E-state index contributed by atoms with van der Waals surface area (Å²) in [5, 5.41) is 16.8. The van der Waals surface area contributed by atoms with E-state index in [1.54, 1.807) is 0 Å². The molecule has 39 heavy (non-hydrogen) atoms. The molecular weight excluding hydrogens is 476 g/mol. The Morgan fingerprint density at radius 3 is 1.18 bits per heavy atom. The molecule has 0 aliphatic rings. The molecule has 3 nitrogen and oxygen atoms in total. The molecule has 0 bridgehead atoms. The number of rotatable bonds is 24. The predicted molar refractivity (Wildman–Crippen MR) is 169 cm³/mol. The zero-order valence-electron chi connectivity index (χ0n) is 25.5. The van der Waals surface area contributed by atoms with E-state index in [1.165, 1.54) is 140 Å². The van der Waals surface area contributed by atoms with Crippen LogP contribution in [0.25, 0.3) is 0 Å². The van der Waals surface area contributed by atoms with Crippen LogP contribution in [0.2, 0.25) is 0 Å². The molecule has 0 atom stereocenters. The first-order chi connectivity index (χ1) is 19.2. The Labute approximate surface area is 241 Å². The standard InChI is InChI=1S/C36H58N2O/c1-3-5-7-9-11-13-15-17-19-21-23-33-25-29-35(30-26-33)37-38(39)36-31-27-34(28-32-36)24-22-20-18-16-14-12-10-8-6-4-2/h25-32H,3-24H2,1-2H3. The van der Waals surface area contributed by atoms with E-state index in [0.29, 0.717) is 11.4 Å². The van der Waals surface area contributed by atoms with Crippen molar-refractivity contribution in [3.05, 3.63) is 64.9 Å². The maximum atomic E-state index is 12.6. The van der Waals surface area contributed by atoms with Gasteiger partial charge in [-0.15, -0.1) is 0 Å². The van der Waals surface area contributed by atoms with Crippen molar-refractivity contribution in [1.82, 2.24) is 0 Å². The molecule has 0 unspecified atom stereocenters. The first-order valence-electron chi connectivity index (χ1n) is 16.6. The minimum Gasteiger partial charge on any atom is -0.594 e. The van der Waals surface area contributed by atoms with Crippen LogP contribution in [-0.2, 0) is 12.8 Å². The van der Waals surface area contributed by atoms with Gasteiger partial charge in [-0.2, -0.15) is 0 Å². The molecule has 0 spiro atoms. The number of hydrogen-bond acceptors (Lipinski definition) is 2. The third-order valence-corrected chi connectivity index (χ3v) is 7.94. The van der Waals surface area contributed by atoms with Crippen LogP contribution >= 0.6 is 0 Å². The number of hydrogen-bond donors (Lipinski definition) is 0. The average Bonchev–Trinajstić information content (AvgIpc) is 2.96. The van der Waals surface area contributed by atoms with Gasteiger partial charge in [0.15, 0.2) is 0 Å². The SMILES string of the molecule is CCCCCCCCCCCCc1ccc(N=[N+]([O-])c2ccc(CCCCCCCCCCCC)cc2)cc1. The number of nitrogens with zero attached hydrogens (tertiary/aromatic N) is 2. The van der Waals surface area contributed by atoms with Crippen molar-refractivity contribution in [2.75, 3.05) is 0 Å². The summed E-state index contributed by atoms with van der Waals surface area (Å²) in [4.78, 5) is 0.752. The molecule has 0 aromatic heterocycles. The third-order valence-electron chi connectivity index (χ3n) is 7.94. The predicted octanol–water partition coefficient (Wildman–Crippen LogP) is 12.5. The van der Waals surface area contributed by atoms with Gasteiger partial charge in [0, 0.05) is 17.2 Å². The van der Waals surface area contributed by atoms with Gasteiger partial charge in [-0.1, -0.05) is 159 Å². The molecule has 0 aliphatic carbocycles. The summed E-state index contributed by atoms with van der Waals surface area (Å²) in [6.45, 7) is 4.55. The first kappa shape index (κ1) is 33.0. The Kier molecular flexibility index (Phi) is 19.2. The number of aryl methyl sites for hydroxylation is 2. The fourth-order valence-electron chi connectivity index (χ4n) is 5.32. The van der Waals surface area contributed by atoms with Gasteiger partial charge in [0.25, 0.3) is 0 Å². The van der Waals surface area contributed by atoms with E-state index in [4.69, 9.17) is 0 Å². The molecule has 2 aromatic rings. The Hall–Kier alpha value is -2.16. The molecular formula is C36H58N2O. The highest BCUT2D eigenvalue weighted by Crippen LogP contribution is 2.21. The first-order valence-corrected chi connectivity index (χ1v) is 16.6. The highest BCUT2D eigenvalue weighted by Gasteiger charge is 2.05. The van der Waals surface area contributed by atoms with Crippen molar-refractivity contribution < 1.29 is 4.86 Å². The third kappa shape index (κ3) is 16.5. The lowest BCUT2D eigenvalue weighted by molar-refractivity contribution is -0.435. The molecule has 0 aliphatic heterocycles. The van der Waals surface area contributed by atoms with E-state index in [9.17, 15) is 5.21 Å². The monoisotopic (exact) mass is 534 g/mol. The molecule has 0 saturated carbocycles. The summed E-state index contributed by atoms with van der Waals surface area (Å²) in [6, 6.07) is 16.2. The van der Waals surface area contributed by atoms with Gasteiger partial charge in [0.1, 0.15) is 5.69 Å². The van der Waals surface area contributed by atoms with Crippen molar-refractivity contribution in [2.45, 2.75) is 155 Å². The Morgan fingerprint density at radius 2 is 0.795 bits per heavy atom. The topological polar surface area (TPSA) is 38.4 Å². The quantitative estimate of drug-likeness (QED) is 0.0571. The van der Waals surface area contributed by atoms with Crippen molar-refractivity contribution in [3.63, 3.8) is 0 Å². The van der Waals surface area contributed by atoms with E-state index in [-0.39, 0.29) is 0 Å². The van der Waals surface area contributed by atoms with Crippen LogP contribution in [-0.4, -0.2) is 4.86 Å². The van der Waals surface area contributed by atoms with Gasteiger partial charge in [-0.05, 0) is 48.9 Å². The van der Waals surface area contributed by atoms with Crippen LogP contribution in [0.3, 0.4) is 0 Å². The zero-order chi connectivity index (χ0) is 27.8. The molecule has 0 fully saturated rings. The Balaban J connectivity index is 1.59. The van der Waals surface area contributed by atoms with Crippen LogP contribution in [0.1, 0.15) is 153 Å². The second-order valence-corrected chi connectivity index (χ2v) is 11.6. The van der Waals surface area contributed by atoms with Gasteiger partial charge >= 0.3 is 0 Å². The fraction of sp³-hybridized carbons (Fsp3) is 0.667. The molecule has 0 heterocycles. The second kappa shape index (κ2) is 22.6. The maximum absolute atomic E-state index is 12.6. The summed E-state index contributed by atoms with van der Waals surface area (Å²) in [5.41, 5.74) is 3.95. The minimum atomic E-state index is 0.594. The summed E-state index contributed by atoms with van der Waals surface area (Å²) >= 11 is 0. The van der Waals surface area contributed by atoms with E-state index >= 15 is 0 Å². The van der Waals surface area contributed by atoms with Crippen LogP contribution in [0.5, 0.6) is 0 Å². The van der Waals surface area contributed by atoms with Crippen molar-refractivity contribution in [3.8, 4) is 0 Å². The smallest absolute Gasteiger partial charge is 0.244 e. The maximum Gasteiger partial charge on any atom is 0.244 e. The summed E-state index contributed by atoms with van der Waals surface area (Å²) in [5.74, 6) is 0. The van der Waals surface area contributed by atoms with Gasteiger partial charge in [-0.25, -0.2) is 0 Å². The van der Waals surface area contributed by atoms with Crippen LogP contribution in [0, 0.1) is 5.21 Å². The molecule has 0 amide bonds. The molecule has 0 N–H and O–H groups in total. The van der Waals surface area contributed by atoms with Gasteiger partial charge < -0.3 is 5.21 Å². The van der Waals surface area contributed by atoms with Gasteiger partial charge in [0.05, 0.1) is 0 Å². The van der Waals surface area contributed by atoms with E-state index in [2.05, 4.69) is 43.2 Å². The average molecular weight is 535 g/mol. The Bertz CT molecular complexity index is 857. The van der Waals surface area contributed by atoms with E-state index < -0.39 is 0 Å². The second-order valence-electron chi connectivity index (χ2n) is 11.6. The minimum absolute atomic E-state index is 0.594. The summed E-state index contributed by atoms with van der Waals surface area (Å²) in [6.07, 6.45) is 29.4. The lowest BCUT2D eigenvalue weighted by Crippen LogP contribution is -1.92.